The van der Waals surface area contributed by atoms with Crippen LogP contribution in [0, 0.1) is 0 Å². The SMILES string of the molecule is CC(C)(C)c1ccccc1NC(=O)CSc1nnnn1C1CC1. The highest BCUT2D eigenvalue weighted by Crippen LogP contribution is 2.36. The molecule has 0 bridgehead atoms. The van der Waals surface area contributed by atoms with Crippen molar-refractivity contribution in [3.05, 3.63) is 29.8 Å². The molecule has 6 nitrogen and oxygen atoms in total. The predicted octanol–water partition coefficient (Wildman–Crippen LogP) is 3.04. The summed E-state index contributed by atoms with van der Waals surface area (Å²) in [6.45, 7) is 6.41. The Labute approximate surface area is 140 Å². The molecule has 1 saturated carbocycles. The number of tetrazole rings is 1. The molecular formula is C16H21N5OS. The number of carbonyl (C=O) groups excluding carboxylic acids is 1. The van der Waals surface area contributed by atoms with Crippen LogP contribution in [0.3, 0.4) is 0 Å². The summed E-state index contributed by atoms with van der Waals surface area (Å²) in [6, 6.07) is 8.34. The number of amides is 1. The first-order valence-electron chi connectivity index (χ1n) is 7.75. The molecule has 1 heterocycles. The maximum atomic E-state index is 12.3. The first-order valence-corrected chi connectivity index (χ1v) is 8.74. The summed E-state index contributed by atoms with van der Waals surface area (Å²) < 4.78 is 1.82. The zero-order valence-corrected chi connectivity index (χ0v) is 14.4. The van der Waals surface area contributed by atoms with Gasteiger partial charge in [-0.15, -0.1) is 5.10 Å². The zero-order chi connectivity index (χ0) is 16.4. The largest absolute Gasteiger partial charge is 0.325 e. The second kappa shape index (κ2) is 6.31. The lowest BCUT2D eigenvalue weighted by Gasteiger charge is -2.22. The number of carbonyl (C=O) groups is 1. The monoisotopic (exact) mass is 331 g/mol. The van der Waals surface area contributed by atoms with Crippen molar-refractivity contribution in [3.63, 3.8) is 0 Å². The van der Waals surface area contributed by atoms with Crippen molar-refractivity contribution in [2.45, 2.75) is 50.2 Å². The Kier molecular flexibility index (Phi) is 4.39. The second-order valence-corrected chi connectivity index (χ2v) is 7.71. The van der Waals surface area contributed by atoms with Crippen LogP contribution in [0.5, 0.6) is 0 Å². The van der Waals surface area contributed by atoms with Crippen LogP contribution in [0.25, 0.3) is 0 Å². The van der Waals surface area contributed by atoms with E-state index in [2.05, 4.69) is 47.7 Å². The first kappa shape index (κ1) is 16.0. The van der Waals surface area contributed by atoms with Crippen molar-refractivity contribution in [3.8, 4) is 0 Å². The van der Waals surface area contributed by atoms with E-state index in [9.17, 15) is 4.79 Å². The van der Waals surface area contributed by atoms with Gasteiger partial charge in [-0.25, -0.2) is 4.68 Å². The molecule has 0 spiro atoms. The fourth-order valence-corrected chi connectivity index (χ4v) is 3.14. The van der Waals surface area contributed by atoms with Crippen LogP contribution in [0.2, 0.25) is 0 Å². The zero-order valence-electron chi connectivity index (χ0n) is 13.6. The minimum absolute atomic E-state index is 0.0207. The molecule has 1 aromatic heterocycles. The minimum atomic E-state index is -0.0444. The summed E-state index contributed by atoms with van der Waals surface area (Å²) in [5.41, 5.74) is 1.97. The van der Waals surface area contributed by atoms with E-state index in [1.165, 1.54) is 11.8 Å². The highest BCUT2D eigenvalue weighted by atomic mass is 32.2. The highest BCUT2D eigenvalue weighted by molar-refractivity contribution is 7.99. The van der Waals surface area contributed by atoms with Gasteiger partial charge in [0.15, 0.2) is 0 Å². The van der Waals surface area contributed by atoms with Gasteiger partial charge in [-0.2, -0.15) is 0 Å². The van der Waals surface area contributed by atoms with E-state index in [1.807, 2.05) is 22.9 Å². The van der Waals surface area contributed by atoms with Crippen LogP contribution in [0.4, 0.5) is 5.69 Å². The van der Waals surface area contributed by atoms with E-state index in [4.69, 9.17) is 0 Å². The molecule has 1 aliphatic rings. The van der Waals surface area contributed by atoms with Gasteiger partial charge in [0.25, 0.3) is 0 Å². The highest BCUT2D eigenvalue weighted by Gasteiger charge is 2.28. The Morgan fingerprint density at radius 1 is 1.35 bits per heavy atom. The topological polar surface area (TPSA) is 72.7 Å². The van der Waals surface area contributed by atoms with E-state index in [-0.39, 0.29) is 11.3 Å². The Bertz CT molecular complexity index is 702. The van der Waals surface area contributed by atoms with Gasteiger partial charge in [0.05, 0.1) is 11.8 Å². The molecule has 0 aliphatic heterocycles. The number of aromatic nitrogens is 4. The number of hydrogen-bond donors (Lipinski definition) is 1. The van der Waals surface area contributed by atoms with Gasteiger partial charge in [-0.3, -0.25) is 4.79 Å². The Hall–Kier alpha value is -1.89. The minimum Gasteiger partial charge on any atom is -0.325 e. The van der Waals surface area contributed by atoms with Crippen LogP contribution in [-0.2, 0) is 10.2 Å². The molecule has 3 rings (SSSR count). The van der Waals surface area contributed by atoms with Crippen LogP contribution in [-0.4, -0.2) is 31.9 Å². The Morgan fingerprint density at radius 2 is 2.09 bits per heavy atom. The lowest BCUT2D eigenvalue weighted by Crippen LogP contribution is -2.20. The summed E-state index contributed by atoms with van der Waals surface area (Å²) in [5, 5.41) is 15.4. The van der Waals surface area contributed by atoms with E-state index in [1.54, 1.807) is 0 Å². The number of benzene rings is 1. The number of hydrogen-bond acceptors (Lipinski definition) is 5. The third kappa shape index (κ3) is 3.90. The molecule has 0 unspecified atom stereocenters. The van der Waals surface area contributed by atoms with Crippen molar-refractivity contribution in [2.75, 3.05) is 11.1 Å². The summed E-state index contributed by atoms with van der Waals surface area (Å²) in [5.74, 6) is 0.253. The van der Waals surface area contributed by atoms with Crippen molar-refractivity contribution in [2.24, 2.45) is 0 Å². The molecule has 1 fully saturated rings. The quantitative estimate of drug-likeness (QED) is 0.853. The van der Waals surface area contributed by atoms with Gasteiger partial charge in [0.2, 0.25) is 11.1 Å². The molecule has 7 heteroatoms. The molecule has 0 radical (unpaired) electrons. The normalized spacial score (nSPS) is 14.7. The fraction of sp³-hybridized carbons (Fsp3) is 0.500. The van der Waals surface area contributed by atoms with Gasteiger partial charge in [-0.1, -0.05) is 50.7 Å². The van der Waals surface area contributed by atoms with E-state index < -0.39 is 0 Å². The standard InChI is InChI=1S/C16H21N5OS/c1-16(2,3)12-6-4-5-7-13(12)17-14(22)10-23-15-18-19-20-21(15)11-8-9-11/h4-7,11H,8-10H2,1-3H3,(H,17,22). The maximum Gasteiger partial charge on any atom is 0.234 e. The van der Waals surface area contributed by atoms with Gasteiger partial charge >= 0.3 is 0 Å². The van der Waals surface area contributed by atoms with E-state index in [0.717, 1.165) is 24.1 Å². The molecule has 1 N–H and O–H groups in total. The summed E-state index contributed by atoms with van der Waals surface area (Å²) in [6.07, 6.45) is 2.23. The molecule has 23 heavy (non-hydrogen) atoms. The third-order valence-electron chi connectivity index (χ3n) is 3.70. The third-order valence-corrected chi connectivity index (χ3v) is 4.63. The number of rotatable bonds is 5. The number of para-hydroxylation sites is 1. The van der Waals surface area contributed by atoms with Crippen LogP contribution in [0.15, 0.2) is 29.4 Å². The number of anilines is 1. The van der Waals surface area contributed by atoms with Gasteiger partial charge in [0, 0.05) is 5.69 Å². The molecule has 0 saturated heterocycles. The molecular weight excluding hydrogens is 310 g/mol. The molecule has 1 amide bonds. The van der Waals surface area contributed by atoms with Crippen molar-refractivity contribution < 1.29 is 4.79 Å². The van der Waals surface area contributed by atoms with Gasteiger partial charge in [-0.05, 0) is 40.3 Å². The van der Waals surface area contributed by atoms with Crippen LogP contribution >= 0.6 is 11.8 Å². The van der Waals surface area contributed by atoms with Gasteiger partial charge in [0.1, 0.15) is 0 Å². The average Bonchev–Trinajstić information content (AvgIpc) is 3.23. The number of thioether (sulfide) groups is 1. The van der Waals surface area contributed by atoms with Crippen LogP contribution < -0.4 is 5.32 Å². The van der Waals surface area contributed by atoms with Gasteiger partial charge < -0.3 is 5.32 Å². The van der Waals surface area contributed by atoms with Crippen molar-refractivity contribution in [1.29, 1.82) is 0 Å². The average molecular weight is 331 g/mol. The molecule has 2 aromatic rings. The number of nitrogens with one attached hydrogen (secondary N) is 1. The number of nitrogens with zero attached hydrogens (tertiary/aromatic N) is 4. The first-order chi connectivity index (χ1) is 10.9. The molecule has 122 valence electrons. The maximum absolute atomic E-state index is 12.3. The molecule has 0 atom stereocenters. The lowest BCUT2D eigenvalue weighted by atomic mass is 9.86. The Balaban J connectivity index is 1.63. The summed E-state index contributed by atoms with van der Waals surface area (Å²) in [4.78, 5) is 12.3. The van der Waals surface area contributed by atoms with Crippen molar-refractivity contribution >= 4 is 23.4 Å². The van der Waals surface area contributed by atoms with E-state index >= 15 is 0 Å². The smallest absolute Gasteiger partial charge is 0.234 e. The fourth-order valence-electron chi connectivity index (χ4n) is 2.39. The summed E-state index contributed by atoms with van der Waals surface area (Å²) in [7, 11) is 0. The van der Waals surface area contributed by atoms with Crippen molar-refractivity contribution in [1.82, 2.24) is 20.2 Å². The van der Waals surface area contributed by atoms with E-state index in [0.29, 0.717) is 17.0 Å². The van der Waals surface area contributed by atoms with Crippen LogP contribution in [0.1, 0.15) is 45.2 Å². The second-order valence-electron chi connectivity index (χ2n) is 6.77. The predicted molar refractivity (Wildman–Crippen MR) is 90.6 cm³/mol. The Morgan fingerprint density at radius 3 is 2.78 bits per heavy atom. The molecule has 1 aromatic carbocycles. The molecule has 1 aliphatic carbocycles. The summed E-state index contributed by atoms with van der Waals surface area (Å²) >= 11 is 1.38. The lowest BCUT2D eigenvalue weighted by molar-refractivity contribution is -0.113.